The summed E-state index contributed by atoms with van der Waals surface area (Å²) < 4.78 is 2.19. The Morgan fingerprint density at radius 1 is 1.05 bits per heavy atom. The first kappa shape index (κ1) is 26.6. The van der Waals surface area contributed by atoms with E-state index in [1.54, 1.807) is 6.21 Å². The summed E-state index contributed by atoms with van der Waals surface area (Å²) in [5.74, 6) is 0.814. The van der Waals surface area contributed by atoms with Crippen molar-refractivity contribution < 1.29 is 14.7 Å². The molecule has 1 aliphatic rings. The SMILES string of the molecule is CCc1nc2c(C)cc(C)nc2n1Cc1cccc(ON=Cc2ccc(CN3CCC(C(=O)O)CC3)cc2)c1. The lowest BCUT2D eigenvalue weighted by atomic mass is 9.97. The number of likely N-dealkylation sites (tertiary alicyclic amines) is 1. The third-order valence-corrected chi connectivity index (χ3v) is 7.34. The molecule has 0 radical (unpaired) electrons. The minimum atomic E-state index is -0.674. The van der Waals surface area contributed by atoms with Gasteiger partial charge < -0.3 is 14.5 Å². The van der Waals surface area contributed by atoms with Gasteiger partial charge in [-0.05, 0) is 80.2 Å². The van der Waals surface area contributed by atoms with E-state index in [9.17, 15) is 9.90 Å². The lowest BCUT2D eigenvalue weighted by Gasteiger charge is -2.30. The molecule has 1 fully saturated rings. The van der Waals surface area contributed by atoms with E-state index in [0.29, 0.717) is 25.1 Å². The maximum absolute atomic E-state index is 11.2. The molecule has 2 aromatic carbocycles. The number of hydrogen-bond acceptors (Lipinski definition) is 6. The number of carbonyl (C=O) groups is 1. The molecule has 39 heavy (non-hydrogen) atoms. The van der Waals surface area contributed by atoms with Crippen LogP contribution in [0, 0.1) is 19.8 Å². The second kappa shape index (κ2) is 11.8. The Kier molecular flexibility index (Phi) is 8.02. The van der Waals surface area contributed by atoms with E-state index in [4.69, 9.17) is 14.8 Å². The minimum absolute atomic E-state index is 0.203. The third kappa shape index (κ3) is 6.34. The van der Waals surface area contributed by atoms with Crippen LogP contribution in [0.2, 0.25) is 0 Å². The second-order valence-electron chi connectivity index (χ2n) is 10.3. The number of rotatable bonds is 9. The Balaban J connectivity index is 1.20. The normalized spacial score (nSPS) is 14.8. The lowest BCUT2D eigenvalue weighted by molar-refractivity contribution is -0.143. The van der Waals surface area contributed by atoms with Gasteiger partial charge in [0.2, 0.25) is 0 Å². The van der Waals surface area contributed by atoms with Gasteiger partial charge in [-0.2, -0.15) is 0 Å². The number of carboxylic acids is 1. The first-order valence-corrected chi connectivity index (χ1v) is 13.6. The molecular formula is C31H35N5O3. The van der Waals surface area contributed by atoms with Crippen LogP contribution in [0.4, 0.5) is 0 Å². The first-order chi connectivity index (χ1) is 18.9. The van der Waals surface area contributed by atoms with Crippen LogP contribution in [0.5, 0.6) is 5.75 Å². The largest absolute Gasteiger partial charge is 0.481 e. The molecular weight excluding hydrogens is 490 g/mol. The highest BCUT2D eigenvalue weighted by molar-refractivity contribution is 5.79. The molecule has 0 bridgehead atoms. The second-order valence-corrected chi connectivity index (χ2v) is 10.3. The Labute approximate surface area is 229 Å². The van der Waals surface area contributed by atoms with E-state index in [2.05, 4.69) is 52.7 Å². The summed E-state index contributed by atoms with van der Waals surface area (Å²) in [5, 5.41) is 13.4. The molecule has 0 amide bonds. The van der Waals surface area contributed by atoms with E-state index >= 15 is 0 Å². The molecule has 1 N–H and O–H groups in total. The highest BCUT2D eigenvalue weighted by atomic mass is 16.6. The average Bonchev–Trinajstić information content (AvgIpc) is 3.27. The molecule has 5 rings (SSSR count). The molecule has 0 saturated carbocycles. The van der Waals surface area contributed by atoms with Crippen molar-refractivity contribution in [1.29, 1.82) is 0 Å². The summed E-state index contributed by atoms with van der Waals surface area (Å²) in [5.41, 5.74) is 7.26. The number of aromatic nitrogens is 3. The van der Waals surface area contributed by atoms with Gasteiger partial charge in [-0.25, -0.2) is 9.97 Å². The zero-order valence-corrected chi connectivity index (χ0v) is 22.8. The number of hydrogen-bond donors (Lipinski definition) is 1. The molecule has 1 saturated heterocycles. The van der Waals surface area contributed by atoms with Crippen LogP contribution in [-0.2, 0) is 24.3 Å². The fourth-order valence-corrected chi connectivity index (χ4v) is 5.22. The quantitative estimate of drug-likeness (QED) is 0.233. The Morgan fingerprint density at radius 2 is 1.82 bits per heavy atom. The summed E-state index contributed by atoms with van der Waals surface area (Å²) in [6, 6.07) is 18.2. The standard InChI is InChI=1S/C31H35N5O3/c1-4-28-34-29-21(2)16-22(3)33-30(29)36(28)20-25-6-5-7-27(17-25)39-32-18-23-8-10-24(11-9-23)19-35-14-12-26(13-15-35)31(37)38/h5-11,16-18,26H,4,12-15,19-20H2,1-3H3,(H,37,38). The molecule has 8 nitrogen and oxygen atoms in total. The van der Waals surface area contributed by atoms with Crippen LogP contribution in [0.25, 0.3) is 11.2 Å². The topological polar surface area (TPSA) is 92.8 Å². The molecule has 3 heterocycles. The van der Waals surface area contributed by atoms with E-state index in [0.717, 1.165) is 65.4 Å². The first-order valence-electron chi connectivity index (χ1n) is 13.6. The van der Waals surface area contributed by atoms with E-state index in [-0.39, 0.29) is 5.92 Å². The summed E-state index contributed by atoms with van der Waals surface area (Å²) in [4.78, 5) is 28.8. The molecule has 0 unspecified atom stereocenters. The average molecular weight is 526 g/mol. The highest BCUT2D eigenvalue weighted by Gasteiger charge is 2.24. The number of pyridine rings is 1. The van der Waals surface area contributed by atoms with Gasteiger partial charge in [-0.1, -0.05) is 48.5 Å². The maximum atomic E-state index is 11.2. The number of carboxylic acid groups (broad SMARTS) is 1. The smallest absolute Gasteiger partial charge is 0.306 e. The van der Waals surface area contributed by atoms with Crippen molar-refractivity contribution in [1.82, 2.24) is 19.4 Å². The van der Waals surface area contributed by atoms with Gasteiger partial charge in [0.25, 0.3) is 0 Å². The van der Waals surface area contributed by atoms with Crippen LogP contribution in [-0.4, -0.2) is 49.8 Å². The van der Waals surface area contributed by atoms with E-state index < -0.39 is 5.97 Å². The van der Waals surface area contributed by atoms with Gasteiger partial charge in [-0.15, -0.1) is 0 Å². The lowest BCUT2D eigenvalue weighted by Crippen LogP contribution is -2.35. The number of oxime groups is 1. The van der Waals surface area contributed by atoms with E-state index in [1.165, 1.54) is 5.56 Å². The maximum Gasteiger partial charge on any atom is 0.306 e. The van der Waals surface area contributed by atoms with Crippen LogP contribution >= 0.6 is 0 Å². The summed E-state index contributed by atoms with van der Waals surface area (Å²) in [6.07, 6.45) is 3.97. The summed E-state index contributed by atoms with van der Waals surface area (Å²) in [7, 11) is 0. The fraction of sp³-hybridized carbons (Fsp3) is 0.355. The van der Waals surface area contributed by atoms with Gasteiger partial charge in [0.1, 0.15) is 11.3 Å². The number of aliphatic carboxylic acids is 1. The van der Waals surface area contributed by atoms with Crippen LogP contribution in [0.3, 0.4) is 0 Å². The Bertz CT molecular complexity index is 1480. The van der Waals surface area contributed by atoms with Crippen LogP contribution < -0.4 is 4.84 Å². The fourth-order valence-electron chi connectivity index (χ4n) is 5.22. The number of benzene rings is 2. The van der Waals surface area contributed by atoms with Gasteiger partial charge in [0, 0.05) is 18.7 Å². The van der Waals surface area contributed by atoms with Crippen molar-refractivity contribution >= 4 is 23.3 Å². The molecule has 2 aromatic heterocycles. The molecule has 8 heteroatoms. The van der Waals surface area contributed by atoms with Crippen molar-refractivity contribution in [2.24, 2.45) is 11.1 Å². The van der Waals surface area contributed by atoms with E-state index in [1.807, 2.05) is 37.3 Å². The van der Waals surface area contributed by atoms with Crippen molar-refractivity contribution in [3.63, 3.8) is 0 Å². The van der Waals surface area contributed by atoms with Gasteiger partial charge in [0.05, 0.1) is 18.7 Å². The number of nitrogens with zero attached hydrogens (tertiary/aromatic N) is 5. The zero-order valence-electron chi connectivity index (χ0n) is 22.8. The molecule has 0 aliphatic carbocycles. The Hall–Kier alpha value is -4.04. The third-order valence-electron chi connectivity index (χ3n) is 7.34. The van der Waals surface area contributed by atoms with Crippen molar-refractivity contribution in [3.8, 4) is 5.75 Å². The van der Waals surface area contributed by atoms with Crippen molar-refractivity contribution in [2.75, 3.05) is 13.1 Å². The van der Waals surface area contributed by atoms with Crippen LogP contribution in [0.1, 0.15) is 53.5 Å². The molecule has 0 atom stereocenters. The number of piperidine rings is 1. The molecule has 0 spiro atoms. The number of aryl methyl sites for hydroxylation is 3. The molecule has 202 valence electrons. The summed E-state index contributed by atoms with van der Waals surface area (Å²) in [6.45, 7) is 9.34. The summed E-state index contributed by atoms with van der Waals surface area (Å²) >= 11 is 0. The minimum Gasteiger partial charge on any atom is -0.481 e. The monoisotopic (exact) mass is 525 g/mol. The molecule has 4 aromatic rings. The molecule has 1 aliphatic heterocycles. The predicted molar refractivity (Wildman–Crippen MR) is 152 cm³/mol. The number of fused-ring (bicyclic) bond motifs is 1. The zero-order chi connectivity index (χ0) is 27.4. The Morgan fingerprint density at radius 3 is 2.54 bits per heavy atom. The van der Waals surface area contributed by atoms with Gasteiger partial charge in [-0.3, -0.25) is 9.69 Å². The van der Waals surface area contributed by atoms with Crippen molar-refractivity contribution in [3.05, 3.63) is 88.4 Å². The van der Waals surface area contributed by atoms with Crippen molar-refractivity contribution in [2.45, 2.75) is 53.1 Å². The van der Waals surface area contributed by atoms with Crippen LogP contribution in [0.15, 0.2) is 59.8 Å². The van der Waals surface area contributed by atoms with Gasteiger partial charge in [0.15, 0.2) is 11.4 Å². The predicted octanol–water partition coefficient (Wildman–Crippen LogP) is 5.37. The number of imidazole rings is 1. The highest BCUT2D eigenvalue weighted by Crippen LogP contribution is 2.23. The van der Waals surface area contributed by atoms with Gasteiger partial charge >= 0.3 is 5.97 Å².